The Hall–Kier alpha value is -4.32. The van der Waals surface area contributed by atoms with Crippen LogP contribution in [-0.2, 0) is 29.9 Å². The van der Waals surface area contributed by atoms with E-state index in [1.54, 1.807) is 19.1 Å². The van der Waals surface area contributed by atoms with Crippen molar-refractivity contribution in [2.45, 2.75) is 78.2 Å². The van der Waals surface area contributed by atoms with Gasteiger partial charge in [0, 0.05) is 21.8 Å². The van der Waals surface area contributed by atoms with Gasteiger partial charge < -0.3 is 24.8 Å². The Labute approximate surface area is 312 Å². The van der Waals surface area contributed by atoms with Crippen LogP contribution < -0.4 is 20.4 Å². The number of amidine groups is 1. The van der Waals surface area contributed by atoms with Gasteiger partial charge in [-0.25, -0.2) is 4.79 Å². The third kappa shape index (κ3) is 9.32. The molecule has 3 aromatic rings. The summed E-state index contributed by atoms with van der Waals surface area (Å²) in [6.07, 6.45) is -1.01. The predicted molar refractivity (Wildman–Crippen MR) is 199 cm³/mol. The molecule has 0 saturated carbocycles. The van der Waals surface area contributed by atoms with Crippen molar-refractivity contribution in [1.29, 1.82) is 0 Å². The van der Waals surface area contributed by atoms with Crippen LogP contribution in [0.15, 0.2) is 59.7 Å². The van der Waals surface area contributed by atoms with Gasteiger partial charge in [-0.3, -0.25) is 14.4 Å². The molecule has 1 unspecified atom stereocenters. The normalized spacial score (nSPS) is 14.5. The van der Waals surface area contributed by atoms with Gasteiger partial charge in [-0.05, 0) is 72.6 Å². The van der Waals surface area contributed by atoms with E-state index in [-0.39, 0.29) is 56.2 Å². The Morgan fingerprint density at radius 3 is 2.18 bits per heavy atom. The number of benzene rings is 3. The van der Waals surface area contributed by atoms with E-state index in [0.717, 1.165) is 23.4 Å². The van der Waals surface area contributed by atoms with Crippen LogP contribution in [0.2, 0.25) is 15.1 Å². The molecule has 0 aromatic heterocycles. The highest BCUT2D eigenvalue weighted by Crippen LogP contribution is 2.40. The molecule has 4 rings (SSSR count). The van der Waals surface area contributed by atoms with Crippen molar-refractivity contribution >= 4 is 75.9 Å². The lowest BCUT2D eigenvalue weighted by molar-refractivity contribution is -0.124. The van der Waals surface area contributed by atoms with Crippen LogP contribution in [0.5, 0.6) is 5.75 Å². The van der Waals surface area contributed by atoms with Gasteiger partial charge >= 0.3 is 6.16 Å². The number of hydrogen-bond donors (Lipinski definition) is 2. The maximum atomic E-state index is 13.4. The second-order valence-corrected chi connectivity index (χ2v) is 14.3. The number of carbonyl (C=O) groups is 4. The largest absolute Gasteiger partial charge is 0.509 e. The third-order valence-corrected chi connectivity index (χ3v) is 9.62. The number of carbonyl (C=O) groups excluding carboxylic acids is 4. The van der Waals surface area contributed by atoms with Gasteiger partial charge in [-0.1, -0.05) is 94.5 Å². The maximum absolute atomic E-state index is 13.4. The highest BCUT2D eigenvalue weighted by molar-refractivity contribution is 6.43. The number of anilines is 2. The first-order chi connectivity index (χ1) is 24.0. The third-order valence-electron chi connectivity index (χ3n) is 8.83. The van der Waals surface area contributed by atoms with Crippen LogP contribution in [0.3, 0.4) is 0 Å². The molecule has 3 amide bonds. The van der Waals surface area contributed by atoms with Crippen molar-refractivity contribution in [2.75, 3.05) is 23.5 Å². The van der Waals surface area contributed by atoms with Gasteiger partial charge in [0.15, 0.2) is 12.4 Å². The molecule has 1 heterocycles. The fourth-order valence-corrected chi connectivity index (χ4v) is 6.02. The first kappa shape index (κ1) is 39.5. The topological polar surface area (TPSA) is 136 Å². The molecule has 0 fully saturated rings. The Morgan fingerprint density at radius 1 is 0.882 bits per heavy atom. The lowest BCUT2D eigenvalue weighted by Gasteiger charge is -2.30. The summed E-state index contributed by atoms with van der Waals surface area (Å²) in [5.74, 6) is -1.74. The minimum Gasteiger partial charge on any atom is -0.483 e. The Balaban J connectivity index is 1.51. The highest BCUT2D eigenvalue weighted by atomic mass is 35.5. The van der Waals surface area contributed by atoms with Gasteiger partial charge in [0.25, 0.3) is 17.7 Å². The van der Waals surface area contributed by atoms with Crippen molar-refractivity contribution in [2.24, 2.45) is 5.10 Å². The maximum Gasteiger partial charge on any atom is 0.509 e. The van der Waals surface area contributed by atoms with Crippen LogP contribution in [0.4, 0.5) is 16.2 Å². The second kappa shape index (κ2) is 16.4. The summed E-state index contributed by atoms with van der Waals surface area (Å²) in [7, 11) is 0. The summed E-state index contributed by atoms with van der Waals surface area (Å²) in [5.41, 5.74) is 2.40. The zero-order chi connectivity index (χ0) is 37.7. The summed E-state index contributed by atoms with van der Waals surface area (Å²) in [4.78, 5) is 52.0. The molecule has 0 bridgehead atoms. The van der Waals surface area contributed by atoms with Crippen LogP contribution in [-0.4, -0.2) is 49.0 Å². The molecule has 272 valence electrons. The van der Waals surface area contributed by atoms with Gasteiger partial charge in [0.2, 0.25) is 6.10 Å². The molecular weight excluding hydrogens is 719 g/mol. The van der Waals surface area contributed by atoms with Crippen LogP contribution in [0.1, 0.15) is 82.8 Å². The lowest BCUT2D eigenvalue weighted by Crippen LogP contribution is -2.43. The minimum atomic E-state index is -1.69. The number of nitrogens with zero attached hydrogens (tertiary/aromatic N) is 2. The van der Waals surface area contributed by atoms with E-state index >= 15 is 0 Å². The van der Waals surface area contributed by atoms with Gasteiger partial charge in [-0.15, -0.1) is 5.10 Å². The molecule has 1 aliphatic rings. The number of hydrogen-bond acceptors (Lipinski definition) is 8. The average Bonchev–Trinajstić information content (AvgIpc) is 3.36. The van der Waals surface area contributed by atoms with Gasteiger partial charge in [0.05, 0.1) is 16.7 Å². The van der Waals surface area contributed by atoms with Crippen molar-refractivity contribution < 1.29 is 33.4 Å². The molecule has 2 N–H and O–H groups in total. The zero-order valence-electron chi connectivity index (χ0n) is 29.5. The van der Waals surface area contributed by atoms with Crippen molar-refractivity contribution in [3.05, 3.63) is 86.4 Å². The molecule has 0 spiro atoms. The number of halogens is 3. The number of hydrazone groups is 1. The van der Waals surface area contributed by atoms with Crippen molar-refractivity contribution in [1.82, 2.24) is 5.32 Å². The Morgan fingerprint density at radius 2 is 1.55 bits per heavy atom. The lowest BCUT2D eigenvalue weighted by atomic mass is 9.76. The number of nitrogens with one attached hydrogen (secondary N) is 2. The summed E-state index contributed by atoms with van der Waals surface area (Å²) in [6.45, 7) is 14.2. The Bertz CT molecular complexity index is 1840. The van der Waals surface area contributed by atoms with E-state index < -0.39 is 30.0 Å². The van der Waals surface area contributed by atoms with Gasteiger partial charge in [0.1, 0.15) is 11.4 Å². The van der Waals surface area contributed by atoms with E-state index in [4.69, 9.17) is 49.0 Å². The van der Waals surface area contributed by atoms with Crippen molar-refractivity contribution in [3.63, 3.8) is 0 Å². The van der Waals surface area contributed by atoms with Crippen LogP contribution in [0.25, 0.3) is 0 Å². The first-order valence-corrected chi connectivity index (χ1v) is 17.5. The molecule has 3 aromatic carbocycles. The molecule has 0 aliphatic carbocycles. The highest BCUT2D eigenvalue weighted by Gasteiger charge is 2.43. The molecule has 11 nitrogen and oxygen atoms in total. The fourth-order valence-electron chi connectivity index (χ4n) is 5.05. The number of amides is 3. The SMILES string of the molecule is CCOC(=O)OC1C(=O)N(c2c(Cl)cc(Cl)cc2Cl)N=C1NC(=O)c1cccc(NC(=O)COc2ccc(C(C)(C)CC)cc2C(C)(C)CC)c1. The van der Waals surface area contributed by atoms with E-state index in [9.17, 15) is 19.2 Å². The molecule has 0 saturated heterocycles. The fraction of sp³-hybridized carbons (Fsp3) is 0.378. The quantitative estimate of drug-likeness (QED) is 0.177. The summed E-state index contributed by atoms with van der Waals surface area (Å²) < 4.78 is 16.1. The Kier molecular flexibility index (Phi) is 12.7. The molecule has 51 heavy (non-hydrogen) atoms. The van der Waals surface area contributed by atoms with E-state index in [2.05, 4.69) is 63.3 Å². The molecule has 1 atom stereocenters. The van der Waals surface area contributed by atoms with Gasteiger partial charge in [-0.2, -0.15) is 5.01 Å². The second-order valence-electron chi connectivity index (χ2n) is 13.1. The van der Waals surface area contributed by atoms with Crippen molar-refractivity contribution in [3.8, 4) is 5.75 Å². The van der Waals surface area contributed by atoms with E-state index in [1.165, 1.54) is 29.8 Å². The molecule has 0 radical (unpaired) electrons. The monoisotopic (exact) mass is 758 g/mol. The average molecular weight is 760 g/mol. The molecular formula is C37H41Cl3N4O7. The summed E-state index contributed by atoms with van der Waals surface area (Å²) in [5, 5.41) is 10.4. The molecule has 14 heteroatoms. The van der Waals surface area contributed by atoms with E-state index in [1.807, 2.05) is 12.1 Å². The molecule has 1 aliphatic heterocycles. The summed E-state index contributed by atoms with van der Waals surface area (Å²) >= 11 is 18.7. The van der Waals surface area contributed by atoms with E-state index in [0.29, 0.717) is 11.4 Å². The predicted octanol–water partition coefficient (Wildman–Crippen LogP) is 8.67. The van der Waals surface area contributed by atoms with Crippen LogP contribution >= 0.6 is 34.8 Å². The standard InChI is InChI=1S/C37H41Cl3N4O7/c1-8-36(4,5)22-14-15-28(25(17-22)37(6,7)9-2)50-20-29(45)41-24-13-11-12-21(16-24)33(46)42-32-31(51-35(48)49-10-3)34(47)44(43-32)30-26(39)18-23(38)19-27(30)40/h11-19,31H,8-10,20H2,1-7H3,(H,41,45)(H,42,43,46). The zero-order valence-corrected chi connectivity index (χ0v) is 31.8. The first-order valence-electron chi connectivity index (χ1n) is 16.4. The van der Waals surface area contributed by atoms with Crippen LogP contribution in [0, 0.1) is 0 Å². The number of ether oxygens (including phenoxy) is 3. The number of rotatable bonds is 12. The smallest absolute Gasteiger partial charge is 0.483 e. The summed E-state index contributed by atoms with van der Waals surface area (Å²) in [6, 6.07) is 14.9. The minimum absolute atomic E-state index is 0.0118.